The fourth-order valence-electron chi connectivity index (χ4n) is 2.83. The van der Waals surface area contributed by atoms with Gasteiger partial charge in [0, 0.05) is 17.5 Å². The Hall–Kier alpha value is -2.56. The Labute approximate surface area is 128 Å². The van der Waals surface area contributed by atoms with Crippen LogP contribution in [0.3, 0.4) is 0 Å². The third-order valence-electron chi connectivity index (χ3n) is 4.04. The zero-order valence-corrected chi connectivity index (χ0v) is 12.7. The fraction of sp³-hybridized carbons (Fsp3) is 0.294. The summed E-state index contributed by atoms with van der Waals surface area (Å²) in [5.41, 5.74) is 1.76. The molecule has 1 aliphatic rings. The van der Waals surface area contributed by atoms with Gasteiger partial charge < -0.3 is 24.4 Å². The van der Waals surface area contributed by atoms with E-state index in [1.807, 2.05) is 13.0 Å². The molecule has 5 heteroatoms. The summed E-state index contributed by atoms with van der Waals surface area (Å²) in [5, 5.41) is 19.9. The lowest BCUT2D eigenvalue weighted by Gasteiger charge is -2.16. The predicted octanol–water partition coefficient (Wildman–Crippen LogP) is 3.35. The average Bonchev–Trinajstić information content (AvgIpc) is 2.83. The van der Waals surface area contributed by atoms with Crippen LogP contribution in [0.2, 0.25) is 0 Å². The summed E-state index contributed by atoms with van der Waals surface area (Å²) in [6, 6.07) is 8.57. The van der Waals surface area contributed by atoms with Crippen molar-refractivity contribution in [1.82, 2.24) is 0 Å². The van der Waals surface area contributed by atoms with Crippen molar-refractivity contribution in [2.75, 3.05) is 14.2 Å². The molecule has 0 fully saturated rings. The number of hydrogen-bond donors (Lipinski definition) is 2. The van der Waals surface area contributed by atoms with E-state index in [4.69, 9.17) is 14.2 Å². The Balaban J connectivity index is 1.96. The lowest BCUT2D eigenvalue weighted by atomic mass is 9.92. The van der Waals surface area contributed by atoms with Gasteiger partial charge in [0.05, 0.1) is 14.2 Å². The fourth-order valence-corrected chi connectivity index (χ4v) is 2.83. The minimum atomic E-state index is -0.238. The van der Waals surface area contributed by atoms with Crippen molar-refractivity contribution >= 4 is 0 Å². The second kappa shape index (κ2) is 5.33. The Kier molecular flexibility index (Phi) is 3.48. The molecule has 22 heavy (non-hydrogen) atoms. The van der Waals surface area contributed by atoms with Gasteiger partial charge in [0.1, 0.15) is 11.9 Å². The van der Waals surface area contributed by atoms with Crippen molar-refractivity contribution in [2.45, 2.75) is 18.9 Å². The van der Waals surface area contributed by atoms with Crippen LogP contribution < -0.4 is 14.2 Å². The largest absolute Gasteiger partial charge is 0.504 e. The highest BCUT2D eigenvalue weighted by atomic mass is 16.5. The van der Waals surface area contributed by atoms with Gasteiger partial charge in [0.15, 0.2) is 23.0 Å². The Morgan fingerprint density at radius 3 is 2.27 bits per heavy atom. The second-order valence-electron chi connectivity index (χ2n) is 5.32. The first kappa shape index (κ1) is 14.4. The molecular weight excluding hydrogens is 284 g/mol. The highest BCUT2D eigenvalue weighted by molar-refractivity contribution is 5.54. The van der Waals surface area contributed by atoms with Crippen molar-refractivity contribution in [3.05, 3.63) is 41.5 Å². The van der Waals surface area contributed by atoms with Crippen molar-refractivity contribution in [3.63, 3.8) is 0 Å². The van der Waals surface area contributed by atoms with Crippen LogP contribution in [0.4, 0.5) is 0 Å². The maximum atomic E-state index is 9.94. The van der Waals surface area contributed by atoms with Crippen molar-refractivity contribution < 1.29 is 24.4 Å². The maximum Gasteiger partial charge on any atom is 0.164 e. The molecule has 2 N–H and O–H groups in total. The summed E-state index contributed by atoms with van der Waals surface area (Å²) in [4.78, 5) is 0. The molecule has 5 nitrogen and oxygen atoms in total. The molecule has 0 aliphatic carbocycles. The van der Waals surface area contributed by atoms with E-state index in [1.54, 1.807) is 24.3 Å². The summed E-state index contributed by atoms with van der Waals surface area (Å²) in [6.45, 7) is 2.02. The van der Waals surface area contributed by atoms with Crippen LogP contribution in [0.5, 0.6) is 28.7 Å². The molecule has 2 atom stereocenters. The van der Waals surface area contributed by atoms with Gasteiger partial charge in [-0.25, -0.2) is 0 Å². The van der Waals surface area contributed by atoms with E-state index in [0.717, 1.165) is 11.1 Å². The number of ether oxygens (including phenoxy) is 3. The minimum Gasteiger partial charge on any atom is -0.504 e. The molecule has 1 heterocycles. The van der Waals surface area contributed by atoms with Gasteiger partial charge in [0.25, 0.3) is 0 Å². The summed E-state index contributed by atoms with van der Waals surface area (Å²) >= 11 is 0. The van der Waals surface area contributed by atoms with E-state index in [9.17, 15) is 10.2 Å². The second-order valence-corrected chi connectivity index (χ2v) is 5.32. The van der Waals surface area contributed by atoms with E-state index >= 15 is 0 Å². The van der Waals surface area contributed by atoms with Crippen LogP contribution in [0.15, 0.2) is 30.3 Å². The first-order valence-electron chi connectivity index (χ1n) is 6.99. The van der Waals surface area contributed by atoms with Crippen LogP contribution in [0.1, 0.15) is 30.1 Å². The zero-order chi connectivity index (χ0) is 15.9. The molecule has 1 aliphatic heterocycles. The quantitative estimate of drug-likeness (QED) is 0.910. The third-order valence-corrected chi connectivity index (χ3v) is 4.04. The number of methoxy groups -OCH3 is 2. The van der Waals surface area contributed by atoms with Crippen LogP contribution in [-0.4, -0.2) is 24.4 Å². The Morgan fingerprint density at radius 1 is 0.955 bits per heavy atom. The van der Waals surface area contributed by atoms with E-state index in [0.29, 0.717) is 17.2 Å². The summed E-state index contributed by atoms with van der Waals surface area (Å²) in [6.07, 6.45) is -0.238. The molecule has 0 saturated heterocycles. The van der Waals surface area contributed by atoms with Gasteiger partial charge in [-0.2, -0.15) is 0 Å². The molecule has 2 unspecified atom stereocenters. The Bertz CT molecular complexity index is 710. The minimum absolute atomic E-state index is 0.0413. The first-order chi connectivity index (χ1) is 10.5. The predicted molar refractivity (Wildman–Crippen MR) is 81.1 cm³/mol. The van der Waals surface area contributed by atoms with E-state index in [1.165, 1.54) is 14.2 Å². The molecule has 0 radical (unpaired) electrons. The van der Waals surface area contributed by atoms with Gasteiger partial charge in [-0.3, -0.25) is 0 Å². The molecule has 2 aromatic carbocycles. The number of rotatable bonds is 3. The third kappa shape index (κ3) is 2.19. The van der Waals surface area contributed by atoms with Crippen LogP contribution in [0.25, 0.3) is 0 Å². The zero-order valence-electron chi connectivity index (χ0n) is 12.7. The molecule has 0 aromatic heterocycles. The number of benzene rings is 2. The number of phenolic OH excluding ortho intramolecular Hbond substituents is 2. The maximum absolute atomic E-state index is 9.94. The number of phenols is 2. The standard InChI is InChI=1S/C17H18O5/c1-9-11-7-13(19)16(21-3)8-15(11)22-17(9)10-4-5-14(20-2)12(18)6-10/h4-9,17-19H,1-3H3. The molecular formula is C17H18O5. The molecule has 116 valence electrons. The van der Waals surface area contributed by atoms with Gasteiger partial charge in [0.2, 0.25) is 0 Å². The monoisotopic (exact) mass is 302 g/mol. The lowest BCUT2D eigenvalue weighted by Crippen LogP contribution is -2.07. The van der Waals surface area contributed by atoms with Crippen LogP contribution in [0, 0.1) is 0 Å². The van der Waals surface area contributed by atoms with Gasteiger partial charge in [-0.05, 0) is 23.8 Å². The average molecular weight is 302 g/mol. The van der Waals surface area contributed by atoms with Gasteiger partial charge in [-0.15, -0.1) is 0 Å². The van der Waals surface area contributed by atoms with Crippen molar-refractivity contribution in [3.8, 4) is 28.7 Å². The highest BCUT2D eigenvalue weighted by Crippen LogP contribution is 2.50. The van der Waals surface area contributed by atoms with Crippen LogP contribution >= 0.6 is 0 Å². The van der Waals surface area contributed by atoms with Crippen LogP contribution in [-0.2, 0) is 0 Å². The molecule has 0 spiro atoms. The molecule has 3 rings (SSSR count). The number of hydrogen-bond acceptors (Lipinski definition) is 5. The molecule has 0 bridgehead atoms. The van der Waals surface area contributed by atoms with E-state index < -0.39 is 0 Å². The van der Waals surface area contributed by atoms with Crippen molar-refractivity contribution in [2.24, 2.45) is 0 Å². The van der Waals surface area contributed by atoms with Crippen molar-refractivity contribution in [1.29, 1.82) is 0 Å². The summed E-state index contributed by atoms with van der Waals surface area (Å²) < 4.78 is 16.2. The molecule has 0 amide bonds. The lowest BCUT2D eigenvalue weighted by molar-refractivity contribution is 0.214. The van der Waals surface area contributed by atoms with Gasteiger partial charge in [-0.1, -0.05) is 13.0 Å². The number of aromatic hydroxyl groups is 2. The summed E-state index contributed by atoms with van der Waals surface area (Å²) in [5.74, 6) is 1.69. The van der Waals surface area contributed by atoms with Gasteiger partial charge >= 0.3 is 0 Å². The Morgan fingerprint density at radius 2 is 1.64 bits per heavy atom. The molecule has 2 aromatic rings. The normalized spacial score (nSPS) is 19.4. The highest BCUT2D eigenvalue weighted by Gasteiger charge is 2.34. The van der Waals surface area contributed by atoms with E-state index in [2.05, 4.69) is 0 Å². The molecule has 0 saturated carbocycles. The summed E-state index contributed by atoms with van der Waals surface area (Å²) in [7, 11) is 3.01. The van der Waals surface area contributed by atoms with E-state index in [-0.39, 0.29) is 23.5 Å². The smallest absolute Gasteiger partial charge is 0.164 e. The SMILES string of the molecule is COc1ccc(C2Oc3cc(OC)c(O)cc3C2C)cc1O. The topological polar surface area (TPSA) is 68.2 Å². The number of fused-ring (bicyclic) bond motifs is 1. The first-order valence-corrected chi connectivity index (χ1v) is 6.99.